The third-order valence-electron chi connectivity index (χ3n) is 5.70. The molecule has 2 aromatic carbocycles. The SMILES string of the molecule is CCCCOc1ccc(S(=O)(=O)C2(OC(=O)NO)CCN(Cc3ccc(F)cc3)CC2)cc1. The fourth-order valence-corrected chi connectivity index (χ4v) is 5.61. The molecule has 0 unspecified atom stereocenters. The summed E-state index contributed by atoms with van der Waals surface area (Å²) in [5.74, 6) is 0.229. The highest BCUT2D eigenvalue weighted by Crippen LogP contribution is 2.37. The van der Waals surface area contributed by atoms with Crippen molar-refractivity contribution in [2.45, 2.75) is 49.0 Å². The standard InChI is InChI=1S/C23H29FN2O6S/c1-2-3-16-31-20-8-10-21(11-9-20)33(29,30)23(32-22(27)25-28)12-14-26(15-13-23)17-18-4-6-19(24)7-5-18/h4-11,28H,2-3,12-17H2,1H3,(H,25,27). The zero-order valence-electron chi connectivity index (χ0n) is 18.5. The van der Waals surface area contributed by atoms with Crippen LogP contribution in [0.2, 0.25) is 0 Å². The smallest absolute Gasteiger partial charge is 0.432 e. The van der Waals surface area contributed by atoms with Gasteiger partial charge in [-0.3, -0.25) is 10.1 Å². The number of nitrogens with one attached hydrogen (secondary N) is 1. The molecular weight excluding hydrogens is 451 g/mol. The highest BCUT2D eigenvalue weighted by molar-refractivity contribution is 7.92. The van der Waals surface area contributed by atoms with Gasteiger partial charge in [-0.05, 0) is 48.4 Å². The van der Waals surface area contributed by atoms with Crippen LogP contribution in [0.4, 0.5) is 9.18 Å². The molecule has 8 nitrogen and oxygen atoms in total. The Labute approximate surface area is 193 Å². The van der Waals surface area contributed by atoms with E-state index in [0.29, 0.717) is 32.0 Å². The van der Waals surface area contributed by atoms with Gasteiger partial charge in [0.05, 0.1) is 11.5 Å². The van der Waals surface area contributed by atoms with E-state index in [1.165, 1.54) is 29.7 Å². The molecule has 1 amide bonds. The van der Waals surface area contributed by atoms with Crippen molar-refractivity contribution in [1.82, 2.24) is 10.4 Å². The molecule has 0 aliphatic carbocycles. The number of hydrogen-bond donors (Lipinski definition) is 2. The van der Waals surface area contributed by atoms with E-state index in [9.17, 15) is 17.6 Å². The highest BCUT2D eigenvalue weighted by Gasteiger charge is 2.50. The van der Waals surface area contributed by atoms with E-state index < -0.39 is 20.9 Å². The number of nitrogens with zero attached hydrogens (tertiary/aromatic N) is 1. The number of carbonyl (C=O) groups is 1. The molecule has 0 bridgehead atoms. The minimum atomic E-state index is -4.10. The molecule has 2 N–H and O–H groups in total. The minimum Gasteiger partial charge on any atom is -0.494 e. The van der Waals surface area contributed by atoms with E-state index in [1.54, 1.807) is 24.3 Å². The molecular formula is C23H29FN2O6S. The molecule has 0 spiro atoms. The van der Waals surface area contributed by atoms with Crippen LogP contribution in [0, 0.1) is 5.82 Å². The maximum absolute atomic E-state index is 13.5. The summed E-state index contributed by atoms with van der Waals surface area (Å²) < 4.78 is 51.1. The number of hydroxylamine groups is 1. The Balaban J connectivity index is 1.77. The van der Waals surface area contributed by atoms with Crippen molar-refractivity contribution in [3.05, 3.63) is 59.9 Å². The van der Waals surface area contributed by atoms with Gasteiger partial charge in [-0.1, -0.05) is 25.5 Å². The van der Waals surface area contributed by atoms with Gasteiger partial charge >= 0.3 is 6.09 Å². The van der Waals surface area contributed by atoms with E-state index in [1.807, 2.05) is 11.8 Å². The summed E-state index contributed by atoms with van der Waals surface area (Å²) in [5.41, 5.74) is 2.25. The van der Waals surface area contributed by atoms with Gasteiger partial charge in [0, 0.05) is 32.5 Å². The van der Waals surface area contributed by atoms with Crippen LogP contribution in [-0.4, -0.2) is 49.2 Å². The summed E-state index contributed by atoms with van der Waals surface area (Å²) in [4.78, 5) is 12.0. The average molecular weight is 481 g/mol. The Morgan fingerprint density at radius 2 is 1.76 bits per heavy atom. The highest BCUT2D eigenvalue weighted by atomic mass is 32.2. The predicted octanol–water partition coefficient (Wildman–Crippen LogP) is 3.89. The normalized spacial score (nSPS) is 16.2. The number of halogens is 1. The Morgan fingerprint density at radius 1 is 1.12 bits per heavy atom. The monoisotopic (exact) mass is 480 g/mol. The molecule has 1 saturated heterocycles. The lowest BCUT2D eigenvalue weighted by Crippen LogP contribution is -2.52. The van der Waals surface area contributed by atoms with Crippen molar-refractivity contribution in [3.8, 4) is 5.75 Å². The van der Waals surface area contributed by atoms with Crippen molar-refractivity contribution in [2.24, 2.45) is 0 Å². The molecule has 0 radical (unpaired) electrons. The van der Waals surface area contributed by atoms with Crippen LogP contribution in [-0.2, 0) is 21.1 Å². The number of benzene rings is 2. The first-order valence-corrected chi connectivity index (χ1v) is 12.4. The van der Waals surface area contributed by atoms with E-state index in [4.69, 9.17) is 14.7 Å². The Morgan fingerprint density at radius 3 is 2.33 bits per heavy atom. The van der Waals surface area contributed by atoms with E-state index in [-0.39, 0.29) is 23.6 Å². The zero-order valence-corrected chi connectivity index (χ0v) is 19.3. The number of likely N-dealkylation sites (tertiary alicyclic amines) is 1. The van der Waals surface area contributed by atoms with E-state index in [0.717, 1.165) is 18.4 Å². The van der Waals surface area contributed by atoms with Gasteiger partial charge in [-0.25, -0.2) is 23.1 Å². The van der Waals surface area contributed by atoms with Gasteiger partial charge in [-0.2, -0.15) is 0 Å². The van der Waals surface area contributed by atoms with Crippen molar-refractivity contribution in [1.29, 1.82) is 0 Å². The number of ether oxygens (including phenoxy) is 2. The number of piperidine rings is 1. The molecule has 180 valence electrons. The minimum absolute atomic E-state index is 0.00284. The quantitative estimate of drug-likeness (QED) is 0.319. The molecule has 1 heterocycles. The fraction of sp³-hybridized carbons (Fsp3) is 0.435. The number of amides is 1. The molecule has 1 fully saturated rings. The van der Waals surface area contributed by atoms with Crippen LogP contribution in [0.15, 0.2) is 53.4 Å². The van der Waals surface area contributed by atoms with Gasteiger partial charge in [0.15, 0.2) is 0 Å². The third kappa shape index (κ3) is 6.01. The second kappa shape index (κ2) is 11.0. The van der Waals surface area contributed by atoms with Crippen LogP contribution in [0.5, 0.6) is 5.75 Å². The molecule has 2 aromatic rings. The summed E-state index contributed by atoms with van der Waals surface area (Å²) in [6, 6.07) is 12.1. The van der Waals surface area contributed by atoms with Gasteiger partial charge in [-0.15, -0.1) is 0 Å². The Kier molecular flexibility index (Phi) is 8.28. The maximum Gasteiger partial charge on any atom is 0.432 e. The molecule has 0 aromatic heterocycles. The fourth-order valence-electron chi connectivity index (χ4n) is 3.78. The van der Waals surface area contributed by atoms with Crippen LogP contribution in [0.3, 0.4) is 0 Å². The van der Waals surface area contributed by atoms with Gasteiger partial charge in [0.2, 0.25) is 14.8 Å². The van der Waals surface area contributed by atoms with Gasteiger partial charge in [0.1, 0.15) is 11.6 Å². The zero-order chi connectivity index (χ0) is 23.9. The van der Waals surface area contributed by atoms with Crippen LogP contribution in [0.1, 0.15) is 38.2 Å². The predicted molar refractivity (Wildman–Crippen MR) is 119 cm³/mol. The summed E-state index contributed by atoms with van der Waals surface area (Å²) in [5, 5.41) is 8.95. The summed E-state index contributed by atoms with van der Waals surface area (Å²) in [6.07, 6.45) is 0.668. The van der Waals surface area contributed by atoms with Crippen molar-refractivity contribution in [3.63, 3.8) is 0 Å². The first-order chi connectivity index (χ1) is 15.8. The number of hydrogen-bond acceptors (Lipinski definition) is 7. The second-order valence-electron chi connectivity index (χ2n) is 7.99. The summed E-state index contributed by atoms with van der Waals surface area (Å²) in [7, 11) is -4.10. The molecule has 1 aliphatic rings. The maximum atomic E-state index is 13.5. The summed E-state index contributed by atoms with van der Waals surface area (Å²) in [6.45, 7) is 3.75. The molecule has 33 heavy (non-hydrogen) atoms. The Bertz CT molecular complexity index is 1020. The first kappa shape index (κ1) is 24.9. The second-order valence-corrected chi connectivity index (χ2v) is 10.2. The van der Waals surface area contributed by atoms with Crippen LogP contribution < -0.4 is 10.2 Å². The number of rotatable bonds is 9. The van der Waals surface area contributed by atoms with Gasteiger partial charge in [0.25, 0.3) is 0 Å². The average Bonchev–Trinajstić information content (AvgIpc) is 2.82. The number of unbranched alkanes of at least 4 members (excludes halogenated alkanes) is 1. The third-order valence-corrected chi connectivity index (χ3v) is 8.06. The molecule has 0 atom stereocenters. The van der Waals surface area contributed by atoms with Crippen LogP contribution >= 0.6 is 0 Å². The largest absolute Gasteiger partial charge is 0.494 e. The van der Waals surface area contributed by atoms with Crippen molar-refractivity contribution < 1.29 is 32.3 Å². The Hall–Kier alpha value is -2.69. The van der Waals surface area contributed by atoms with E-state index in [2.05, 4.69) is 0 Å². The topological polar surface area (TPSA) is 105 Å². The lowest BCUT2D eigenvalue weighted by molar-refractivity contribution is 0.000285. The molecule has 0 saturated carbocycles. The van der Waals surface area contributed by atoms with Crippen LogP contribution in [0.25, 0.3) is 0 Å². The number of sulfone groups is 1. The number of carbonyl (C=O) groups excluding carboxylic acids is 1. The van der Waals surface area contributed by atoms with Crippen molar-refractivity contribution >= 4 is 15.9 Å². The molecule has 1 aliphatic heterocycles. The summed E-state index contributed by atoms with van der Waals surface area (Å²) >= 11 is 0. The van der Waals surface area contributed by atoms with Gasteiger partial charge < -0.3 is 9.47 Å². The first-order valence-electron chi connectivity index (χ1n) is 10.9. The lowest BCUT2D eigenvalue weighted by atomic mass is 10.1. The lowest BCUT2D eigenvalue weighted by Gasteiger charge is -2.40. The van der Waals surface area contributed by atoms with Crippen molar-refractivity contribution in [2.75, 3.05) is 19.7 Å². The molecule has 3 rings (SSSR count). The molecule has 10 heteroatoms. The van der Waals surface area contributed by atoms with E-state index >= 15 is 0 Å².